The lowest BCUT2D eigenvalue weighted by atomic mass is 10.0. The van der Waals surface area contributed by atoms with Gasteiger partial charge in [0.1, 0.15) is 22.3 Å². The van der Waals surface area contributed by atoms with Crippen molar-refractivity contribution in [3.63, 3.8) is 0 Å². The highest BCUT2D eigenvalue weighted by Crippen LogP contribution is 2.44. The minimum atomic E-state index is 0.527. The van der Waals surface area contributed by atoms with E-state index in [1.54, 1.807) is 0 Å². The number of nitrogens with zero attached hydrogens (tertiary/aromatic N) is 4. The second-order valence-electron chi connectivity index (χ2n) is 16.3. The predicted molar refractivity (Wildman–Crippen MR) is 258 cm³/mol. The molecule has 0 N–H and O–H groups in total. The van der Waals surface area contributed by atoms with Gasteiger partial charge in [0.2, 0.25) is 0 Å². The summed E-state index contributed by atoms with van der Waals surface area (Å²) in [5.41, 5.74) is 9.09. The molecule has 6 heteroatoms. The molecular weight excluding hydrogens is 773 g/mol. The molecular formula is C57H32N4O2. The Morgan fingerprint density at radius 1 is 0.333 bits per heavy atom. The van der Waals surface area contributed by atoms with Crippen molar-refractivity contribution in [3.05, 3.63) is 194 Å². The molecule has 0 unspecified atom stereocenters. The molecule has 0 fully saturated rings. The van der Waals surface area contributed by atoms with Crippen molar-refractivity contribution in [2.24, 2.45) is 0 Å². The van der Waals surface area contributed by atoms with E-state index in [1.165, 1.54) is 32.3 Å². The average Bonchev–Trinajstić information content (AvgIpc) is 4.02. The first-order valence-electron chi connectivity index (χ1n) is 21.2. The second kappa shape index (κ2) is 12.9. The van der Waals surface area contributed by atoms with E-state index < -0.39 is 0 Å². The summed E-state index contributed by atoms with van der Waals surface area (Å²) in [6, 6.07) is 68.1. The third-order valence-electron chi connectivity index (χ3n) is 12.8. The Morgan fingerprint density at radius 3 is 1.59 bits per heavy atom. The fourth-order valence-electron chi connectivity index (χ4n) is 9.90. The second-order valence-corrected chi connectivity index (χ2v) is 16.3. The molecule has 0 saturated carbocycles. The molecule has 0 aliphatic rings. The van der Waals surface area contributed by atoms with Gasteiger partial charge in [-0.25, -0.2) is 15.0 Å². The molecule has 0 saturated heterocycles. The monoisotopic (exact) mass is 804 g/mol. The molecule has 0 spiro atoms. The maximum atomic E-state index is 7.10. The van der Waals surface area contributed by atoms with E-state index in [9.17, 15) is 0 Å². The van der Waals surface area contributed by atoms with Crippen LogP contribution in [0.15, 0.2) is 203 Å². The van der Waals surface area contributed by atoms with Gasteiger partial charge in [0, 0.05) is 54.2 Å². The molecule has 0 radical (unpaired) electrons. The Kier molecular flexibility index (Phi) is 7.02. The number of aromatic nitrogens is 4. The van der Waals surface area contributed by atoms with Crippen LogP contribution in [-0.4, -0.2) is 19.5 Å². The molecule has 0 amide bonds. The molecule has 0 aliphatic carbocycles. The van der Waals surface area contributed by atoms with E-state index in [4.69, 9.17) is 23.8 Å². The van der Waals surface area contributed by atoms with Gasteiger partial charge in [-0.15, -0.1) is 0 Å². The molecule has 0 atom stereocenters. The third-order valence-corrected chi connectivity index (χ3v) is 12.8. The van der Waals surface area contributed by atoms with Crippen molar-refractivity contribution < 1.29 is 8.83 Å². The van der Waals surface area contributed by atoms with Gasteiger partial charge in [-0.3, -0.25) is 0 Å². The minimum Gasteiger partial charge on any atom is -0.456 e. The Bertz CT molecular complexity index is 4120. The number of fused-ring (bicyclic) bond motifs is 13. The highest BCUT2D eigenvalue weighted by Gasteiger charge is 2.23. The van der Waals surface area contributed by atoms with Crippen molar-refractivity contribution in [1.29, 1.82) is 0 Å². The molecule has 292 valence electrons. The Labute approximate surface area is 358 Å². The number of hydrogen-bond acceptors (Lipinski definition) is 5. The summed E-state index contributed by atoms with van der Waals surface area (Å²) in [5, 5.41) is 13.4. The van der Waals surface area contributed by atoms with Crippen molar-refractivity contribution in [2.75, 3.05) is 0 Å². The number of benzene rings is 10. The highest BCUT2D eigenvalue weighted by molar-refractivity contribution is 6.22. The van der Waals surface area contributed by atoms with E-state index in [2.05, 4.69) is 138 Å². The quantitative estimate of drug-likeness (QED) is 0.177. The standard InChI is InChI=1S/C57H32N4O2/c1-2-14-33(15-3-1)55-58-56(42-24-13-27-51-52(42)41-22-10-11-26-50(41)62-51)60-57(59-55)43-25-12-23-40-46-32-49(38-20-8-9-21-39(38)54(46)63-53(40)43)61-47-30-36-18-6-4-16-34(36)28-44(47)45-29-35-17-5-7-19-37(35)31-48(45)61/h1-32H. The summed E-state index contributed by atoms with van der Waals surface area (Å²) in [5.74, 6) is 1.66. The van der Waals surface area contributed by atoms with E-state index >= 15 is 0 Å². The first-order chi connectivity index (χ1) is 31.2. The molecule has 10 aromatic carbocycles. The molecule has 14 aromatic rings. The van der Waals surface area contributed by atoms with Gasteiger partial charge < -0.3 is 13.4 Å². The van der Waals surface area contributed by atoms with Crippen LogP contribution in [0.2, 0.25) is 0 Å². The average molecular weight is 805 g/mol. The maximum Gasteiger partial charge on any atom is 0.167 e. The number of rotatable bonds is 4. The summed E-state index contributed by atoms with van der Waals surface area (Å²) >= 11 is 0. The van der Waals surface area contributed by atoms with Crippen molar-refractivity contribution in [2.45, 2.75) is 0 Å². The molecule has 0 bridgehead atoms. The van der Waals surface area contributed by atoms with Gasteiger partial charge in [0.05, 0.1) is 22.3 Å². The topological polar surface area (TPSA) is 69.9 Å². The van der Waals surface area contributed by atoms with Crippen LogP contribution in [0.4, 0.5) is 0 Å². The van der Waals surface area contributed by atoms with Gasteiger partial charge in [0.15, 0.2) is 17.5 Å². The summed E-state index contributed by atoms with van der Waals surface area (Å²) in [4.78, 5) is 15.6. The molecule has 14 rings (SSSR count). The first-order valence-corrected chi connectivity index (χ1v) is 21.2. The van der Waals surface area contributed by atoms with E-state index in [0.29, 0.717) is 17.5 Å². The molecule has 0 aliphatic heterocycles. The maximum absolute atomic E-state index is 7.10. The molecule has 6 nitrogen and oxygen atoms in total. The zero-order valence-electron chi connectivity index (χ0n) is 33.6. The Morgan fingerprint density at radius 2 is 0.857 bits per heavy atom. The Hall–Kier alpha value is -8.61. The first kappa shape index (κ1) is 34.1. The number of hydrogen-bond donors (Lipinski definition) is 0. The van der Waals surface area contributed by atoms with Gasteiger partial charge in [0.25, 0.3) is 0 Å². The SMILES string of the molecule is c1ccc(-c2nc(-c3cccc4c3oc3c5ccccc5c(-n5c6cc7ccccc7cc6c6cc7ccccc7cc65)cc43)nc(-c3cccc4oc5ccccc5c34)n2)cc1. The van der Waals surface area contributed by atoms with Crippen LogP contribution in [0.1, 0.15) is 0 Å². The van der Waals surface area contributed by atoms with Crippen LogP contribution in [0, 0.1) is 0 Å². The summed E-state index contributed by atoms with van der Waals surface area (Å²) < 4.78 is 15.9. The number of para-hydroxylation sites is 2. The van der Waals surface area contributed by atoms with E-state index in [-0.39, 0.29) is 0 Å². The van der Waals surface area contributed by atoms with Gasteiger partial charge >= 0.3 is 0 Å². The largest absolute Gasteiger partial charge is 0.456 e. The molecule has 4 heterocycles. The lowest BCUT2D eigenvalue weighted by Crippen LogP contribution is -2.00. The third kappa shape index (κ3) is 5.03. The zero-order valence-corrected chi connectivity index (χ0v) is 33.6. The van der Waals surface area contributed by atoms with Crippen LogP contribution >= 0.6 is 0 Å². The molecule has 4 aromatic heterocycles. The van der Waals surface area contributed by atoms with E-state index in [1.807, 2.05) is 60.7 Å². The minimum absolute atomic E-state index is 0.527. The Balaban J connectivity index is 1.05. The fourth-order valence-corrected chi connectivity index (χ4v) is 9.90. The summed E-state index contributed by atoms with van der Waals surface area (Å²) in [6.45, 7) is 0. The van der Waals surface area contributed by atoms with Crippen LogP contribution < -0.4 is 0 Å². The van der Waals surface area contributed by atoms with E-state index in [0.717, 1.165) is 88.1 Å². The van der Waals surface area contributed by atoms with Crippen molar-refractivity contribution in [1.82, 2.24) is 19.5 Å². The summed E-state index contributed by atoms with van der Waals surface area (Å²) in [7, 11) is 0. The highest BCUT2D eigenvalue weighted by atomic mass is 16.3. The van der Waals surface area contributed by atoms with Crippen LogP contribution in [-0.2, 0) is 0 Å². The normalized spacial score (nSPS) is 12.1. The van der Waals surface area contributed by atoms with Gasteiger partial charge in [-0.05, 0) is 70.1 Å². The van der Waals surface area contributed by atoms with Crippen molar-refractivity contribution >= 4 is 98.0 Å². The van der Waals surface area contributed by atoms with Crippen LogP contribution in [0.5, 0.6) is 0 Å². The zero-order chi connectivity index (χ0) is 41.2. The van der Waals surface area contributed by atoms with Gasteiger partial charge in [-0.2, -0.15) is 0 Å². The summed E-state index contributed by atoms with van der Waals surface area (Å²) in [6.07, 6.45) is 0. The lowest BCUT2D eigenvalue weighted by Gasteiger charge is -2.13. The lowest BCUT2D eigenvalue weighted by molar-refractivity contribution is 0.669. The van der Waals surface area contributed by atoms with Crippen LogP contribution in [0.3, 0.4) is 0 Å². The van der Waals surface area contributed by atoms with Gasteiger partial charge in [-0.1, -0.05) is 146 Å². The van der Waals surface area contributed by atoms with Crippen molar-refractivity contribution in [3.8, 4) is 39.9 Å². The predicted octanol–water partition coefficient (Wildman–Crippen LogP) is 15.2. The smallest absolute Gasteiger partial charge is 0.167 e. The molecule has 63 heavy (non-hydrogen) atoms. The van der Waals surface area contributed by atoms with Crippen LogP contribution in [0.25, 0.3) is 138 Å². The number of furan rings is 2. The fraction of sp³-hybridized carbons (Fsp3) is 0.